The van der Waals surface area contributed by atoms with Crippen LogP contribution in [-0.4, -0.2) is 55.7 Å². The summed E-state index contributed by atoms with van der Waals surface area (Å²) >= 11 is 2.99. The minimum atomic E-state index is -1.14. The average Bonchev–Trinajstić information content (AvgIpc) is 3.26. The third-order valence-corrected chi connectivity index (χ3v) is 7.92. The van der Waals surface area contributed by atoms with Crippen molar-refractivity contribution in [3.05, 3.63) is 23.1 Å². The zero-order valence-corrected chi connectivity index (χ0v) is 18.4. The lowest BCUT2D eigenvalue weighted by atomic mass is 9.77. The lowest BCUT2D eigenvalue weighted by Crippen LogP contribution is -2.63. The first-order valence-electron chi connectivity index (χ1n) is 9.52. The molecule has 160 valence electrons. The Morgan fingerprint density at radius 3 is 2.70 bits per heavy atom. The number of β-lactam (4-membered cyclic amide) rings is 1. The molecule has 4 heterocycles. The van der Waals surface area contributed by atoms with E-state index in [0.717, 1.165) is 14.7 Å². The van der Waals surface area contributed by atoms with Crippen LogP contribution in [0.25, 0.3) is 10.4 Å². The van der Waals surface area contributed by atoms with Crippen molar-refractivity contribution in [1.29, 1.82) is 0 Å². The predicted octanol–water partition coefficient (Wildman–Crippen LogP) is 0.539. The van der Waals surface area contributed by atoms with Gasteiger partial charge in [0, 0.05) is 11.5 Å². The Labute approximate surface area is 180 Å². The van der Waals surface area contributed by atoms with Crippen molar-refractivity contribution >= 4 is 51.3 Å². The highest BCUT2D eigenvalue weighted by atomic mass is 32.2. The number of hydrogen-bond acceptors (Lipinski definition) is 6. The molecule has 0 aliphatic carbocycles. The number of amides is 2. The van der Waals surface area contributed by atoms with E-state index in [1.54, 1.807) is 6.92 Å². The Kier molecular flexibility index (Phi) is 5.15. The number of carboxylic acids is 1. The molecule has 1 saturated heterocycles. The number of hydrogen-bond donors (Lipinski definition) is 3. The maximum Gasteiger partial charge on any atom is 0.352 e. The van der Waals surface area contributed by atoms with Crippen LogP contribution in [0.3, 0.4) is 0 Å². The highest BCUT2D eigenvalue weighted by Gasteiger charge is 2.60. The quantitative estimate of drug-likeness (QED) is 0.320. The second kappa shape index (κ2) is 7.40. The van der Waals surface area contributed by atoms with Gasteiger partial charge in [-0.1, -0.05) is 30.0 Å². The van der Waals surface area contributed by atoms with Crippen molar-refractivity contribution in [3.8, 4) is 0 Å². The monoisotopic (exact) mass is 451 g/mol. The number of nitrogens with zero attached hydrogens (tertiary/aromatic N) is 3. The van der Waals surface area contributed by atoms with Gasteiger partial charge in [0.05, 0.1) is 35.9 Å². The number of nitrogens with two attached hydrogens (primary N) is 1. The van der Waals surface area contributed by atoms with Gasteiger partial charge in [-0.3, -0.25) is 9.59 Å². The first-order valence-corrected chi connectivity index (χ1v) is 11.6. The average molecular weight is 452 g/mol. The molecule has 0 unspecified atom stereocenters. The maximum atomic E-state index is 12.5. The Morgan fingerprint density at radius 1 is 1.43 bits per heavy atom. The highest BCUT2D eigenvalue weighted by molar-refractivity contribution is 7.98. The number of aliphatic hydroxyl groups is 1. The first-order chi connectivity index (χ1) is 14.2. The first kappa shape index (κ1) is 20.9. The van der Waals surface area contributed by atoms with Gasteiger partial charge in [-0.25, -0.2) is 9.36 Å². The number of thiazole rings is 1. The third-order valence-electron chi connectivity index (χ3n) is 5.84. The van der Waals surface area contributed by atoms with Gasteiger partial charge in [0.25, 0.3) is 6.33 Å². The van der Waals surface area contributed by atoms with E-state index in [1.165, 1.54) is 28.0 Å². The van der Waals surface area contributed by atoms with Crippen LogP contribution in [-0.2, 0) is 20.9 Å². The van der Waals surface area contributed by atoms with Crippen molar-refractivity contribution in [3.63, 3.8) is 0 Å². The lowest BCUT2D eigenvalue weighted by molar-refractivity contribution is -0.728. The predicted molar refractivity (Wildman–Crippen MR) is 111 cm³/mol. The summed E-state index contributed by atoms with van der Waals surface area (Å²) in [5.41, 5.74) is 5.89. The standard InChI is InChI=1S/C19H22N4O5S2/c1-8-12(15(19(27)28)23-14(8)13(9(2)24)16(23)26)10-6-22-7-21(5-4-11(20)25)17(29-3)18(22)30-10/h6-9,13-14,24H,4-5H2,1-3H3,(H2-,20,25,27,28)/p+1/t8-,9+,13+,14+/m0/s1. The molecule has 0 saturated carbocycles. The van der Waals surface area contributed by atoms with Gasteiger partial charge in [-0.05, 0) is 13.2 Å². The number of aliphatic carboxylic acids is 1. The second-order valence-corrected chi connectivity index (χ2v) is 9.49. The number of aryl methyl sites for hydroxylation is 1. The van der Waals surface area contributed by atoms with Gasteiger partial charge in [-0.2, -0.15) is 4.40 Å². The van der Waals surface area contributed by atoms with E-state index in [9.17, 15) is 24.6 Å². The molecular weight excluding hydrogens is 428 g/mol. The Hall–Kier alpha value is -2.37. The molecule has 11 heteroatoms. The summed E-state index contributed by atoms with van der Waals surface area (Å²) in [5, 5.41) is 20.8. The number of rotatable bonds is 7. The number of carboxylic acid groups (broad SMARTS) is 1. The fraction of sp³-hybridized carbons (Fsp3) is 0.474. The van der Waals surface area contributed by atoms with Gasteiger partial charge >= 0.3 is 5.97 Å². The summed E-state index contributed by atoms with van der Waals surface area (Å²) in [6.07, 6.45) is 5.06. The summed E-state index contributed by atoms with van der Waals surface area (Å²) in [6, 6.07) is -0.347. The number of aromatic nitrogens is 2. The zero-order valence-electron chi connectivity index (χ0n) is 16.7. The minimum absolute atomic E-state index is 0.00575. The van der Waals surface area contributed by atoms with Crippen molar-refractivity contribution in [2.75, 3.05) is 6.26 Å². The normalized spacial score (nSPS) is 24.3. The number of primary amides is 1. The summed E-state index contributed by atoms with van der Waals surface area (Å²) in [5.74, 6) is -2.65. The maximum absolute atomic E-state index is 12.5. The highest BCUT2D eigenvalue weighted by Crippen LogP contribution is 2.51. The van der Waals surface area contributed by atoms with Gasteiger partial charge in [0.2, 0.25) is 21.7 Å². The molecule has 4 atom stereocenters. The molecule has 0 radical (unpaired) electrons. The fourth-order valence-corrected chi connectivity index (χ4v) is 6.75. The Balaban J connectivity index is 1.78. The molecule has 2 amide bonds. The topological polar surface area (TPSA) is 129 Å². The molecule has 2 aliphatic heterocycles. The molecule has 0 spiro atoms. The van der Waals surface area contributed by atoms with Crippen LogP contribution < -0.4 is 10.3 Å². The largest absolute Gasteiger partial charge is 0.477 e. The molecule has 4 rings (SSSR count). The van der Waals surface area contributed by atoms with Crippen LogP contribution in [0.2, 0.25) is 0 Å². The summed E-state index contributed by atoms with van der Waals surface area (Å²) in [7, 11) is 0. The van der Waals surface area contributed by atoms with Crippen LogP contribution in [0.15, 0.2) is 23.2 Å². The van der Waals surface area contributed by atoms with Crippen LogP contribution in [0.1, 0.15) is 25.1 Å². The number of aliphatic hydroxyl groups excluding tert-OH is 1. The van der Waals surface area contributed by atoms with Gasteiger partial charge < -0.3 is 20.8 Å². The van der Waals surface area contributed by atoms with Gasteiger partial charge in [-0.15, -0.1) is 0 Å². The van der Waals surface area contributed by atoms with E-state index in [0.29, 0.717) is 12.1 Å². The number of carbonyl (C=O) groups is 3. The molecule has 1 fully saturated rings. The molecule has 9 nitrogen and oxygen atoms in total. The summed E-state index contributed by atoms with van der Waals surface area (Å²) in [4.78, 5) is 38.8. The Morgan fingerprint density at radius 2 is 2.13 bits per heavy atom. The SMILES string of the molecule is CSc1c2sc(C3=C(C(=O)O)N4C(=O)[C@H]([C@@H](C)O)[C@H]4[C@H]3C)cn2c[n+]1CCC(N)=O. The molecule has 2 aromatic heterocycles. The van der Waals surface area contributed by atoms with Crippen molar-refractivity contribution < 1.29 is 29.2 Å². The molecule has 0 aromatic carbocycles. The number of imidazole rings is 1. The Bertz CT molecular complexity index is 1100. The molecule has 4 N–H and O–H groups in total. The van der Waals surface area contributed by atoms with E-state index in [-0.39, 0.29) is 35.9 Å². The smallest absolute Gasteiger partial charge is 0.352 e. The second-order valence-electron chi connectivity index (χ2n) is 7.66. The van der Waals surface area contributed by atoms with E-state index in [2.05, 4.69) is 0 Å². The lowest BCUT2D eigenvalue weighted by Gasteiger charge is -2.46. The minimum Gasteiger partial charge on any atom is -0.477 e. The number of fused-ring (bicyclic) bond motifs is 2. The van der Waals surface area contributed by atoms with Crippen LogP contribution >= 0.6 is 23.1 Å². The fourth-order valence-electron chi connectivity index (χ4n) is 4.55. The van der Waals surface area contributed by atoms with Crippen LogP contribution in [0.4, 0.5) is 0 Å². The number of carbonyl (C=O) groups excluding carboxylic acids is 2. The van der Waals surface area contributed by atoms with Gasteiger partial charge in [0.15, 0.2) is 0 Å². The van der Waals surface area contributed by atoms with Crippen molar-refractivity contribution in [2.24, 2.45) is 17.6 Å². The van der Waals surface area contributed by atoms with E-state index < -0.39 is 18.0 Å². The third kappa shape index (κ3) is 2.95. The van der Waals surface area contributed by atoms with Gasteiger partial charge in [0.1, 0.15) is 11.9 Å². The van der Waals surface area contributed by atoms with E-state index in [1.807, 2.05) is 34.7 Å². The van der Waals surface area contributed by atoms with E-state index in [4.69, 9.17) is 5.73 Å². The molecule has 30 heavy (non-hydrogen) atoms. The van der Waals surface area contributed by atoms with Crippen LogP contribution in [0, 0.1) is 11.8 Å². The molecule has 2 aromatic rings. The molecule has 2 aliphatic rings. The molecule has 0 bridgehead atoms. The number of thioether (sulfide) groups is 1. The van der Waals surface area contributed by atoms with E-state index >= 15 is 0 Å². The summed E-state index contributed by atoms with van der Waals surface area (Å²) in [6.45, 7) is 3.94. The zero-order chi connectivity index (χ0) is 21.9. The van der Waals surface area contributed by atoms with Crippen LogP contribution in [0.5, 0.6) is 0 Å². The molecular formula is C19H23N4O5S2+. The summed E-state index contributed by atoms with van der Waals surface area (Å²) < 4.78 is 3.87. The van der Waals surface area contributed by atoms with Crippen molar-refractivity contribution in [1.82, 2.24) is 9.30 Å². The van der Waals surface area contributed by atoms with Crippen molar-refractivity contribution in [2.45, 2.75) is 44.0 Å².